The second kappa shape index (κ2) is 7.07. The Morgan fingerprint density at radius 2 is 2.22 bits per heavy atom. The molecule has 0 aliphatic heterocycles. The molecule has 18 heavy (non-hydrogen) atoms. The number of amides is 1. The van der Waals surface area contributed by atoms with Crippen LogP contribution in [0.5, 0.6) is 0 Å². The van der Waals surface area contributed by atoms with Crippen molar-refractivity contribution in [2.75, 3.05) is 13.7 Å². The summed E-state index contributed by atoms with van der Waals surface area (Å²) >= 11 is 0. The standard InChI is InChI=1S/C13H14N2O3/c1-18-12(16)6-3-7-15-13(17)11-5-2-4-10(8-11)9-14/h2,4-5,8H,3,6-7H2,1H3,(H,15,17). The van der Waals surface area contributed by atoms with Crippen molar-refractivity contribution in [3.05, 3.63) is 35.4 Å². The summed E-state index contributed by atoms with van der Waals surface area (Å²) in [7, 11) is 1.33. The first-order valence-corrected chi connectivity index (χ1v) is 5.52. The van der Waals surface area contributed by atoms with Gasteiger partial charge in [0.25, 0.3) is 5.91 Å². The monoisotopic (exact) mass is 246 g/mol. The lowest BCUT2D eigenvalue weighted by Gasteiger charge is -2.04. The quantitative estimate of drug-likeness (QED) is 0.626. The molecule has 0 fully saturated rings. The van der Waals surface area contributed by atoms with E-state index in [0.717, 1.165) is 0 Å². The number of carbonyl (C=O) groups is 2. The van der Waals surface area contributed by atoms with E-state index in [9.17, 15) is 9.59 Å². The van der Waals surface area contributed by atoms with Crippen molar-refractivity contribution >= 4 is 11.9 Å². The average molecular weight is 246 g/mol. The molecule has 0 spiro atoms. The Labute approximate surface area is 105 Å². The number of esters is 1. The molecule has 0 saturated carbocycles. The van der Waals surface area contributed by atoms with Gasteiger partial charge in [0.1, 0.15) is 0 Å². The van der Waals surface area contributed by atoms with E-state index in [1.807, 2.05) is 6.07 Å². The van der Waals surface area contributed by atoms with E-state index in [2.05, 4.69) is 10.1 Å². The second-order valence-electron chi connectivity index (χ2n) is 3.63. The van der Waals surface area contributed by atoms with Crippen LogP contribution < -0.4 is 5.32 Å². The number of methoxy groups -OCH3 is 1. The summed E-state index contributed by atoms with van der Waals surface area (Å²) in [5.41, 5.74) is 0.879. The normalized spacial score (nSPS) is 9.33. The lowest BCUT2D eigenvalue weighted by Crippen LogP contribution is -2.25. The van der Waals surface area contributed by atoms with Gasteiger partial charge in [-0.15, -0.1) is 0 Å². The molecule has 0 bridgehead atoms. The van der Waals surface area contributed by atoms with Crippen LogP contribution in [0.25, 0.3) is 0 Å². The maximum Gasteiger partial charge on any atom is 0.305 e. The Hall–Kier alpha value is -2.35. The van der Waals surface area contributed by atoms with Crippen LogP contribution in [0.3, 0.4) is 0 Å². The van der Waals surface area contributed by atoms with Gasteiger partial charge in [0.05, 0.1) is 18.7 Å². The SMILES string of the molecule is COC(=O)CCCNC(=O)c1cccc(C#N)c1. The minimum atomic E-state index is -0.296. The number of benzene rings is 1. The molecule has 1 amide bonds. The fourth-order valence-corrected chi connectivity index (χ4v) is 1.37. The molecule has 0 aromatic heterocycles. The van der Waals surface area contributed by atoms with Crippen LogP contribution in [0, 0.1) is 11.3 Å². The van der Waals surface area contributed by atoms with Gasteiger partial charge in [-0.3, -0.25) is 9.59 Å². The molecular weight excluding hydrogens is 232 g/mol. The molecule has 0 heterocycles. The van der Waals surface area contributed by atoms with Crippen molar-refractivity contribution < 1.29 is 14.3 Å². The number of carbonyl (C=O) groups excluding carboxylic acids is 2. The van der Waals surface area contributed by atoms with E-state index < -0.39 is 0 Å². The summed E-state index contributed by atoms with van der Waals surface area (Å²) in [4.78, 5) is 22.5. The van der Waals surface area contributed by atoms with E-state index in [-0.39, 0.29) is 18.3 Å². The van der Waals surface area contributed by atoms with E-state index in [1.54, 1.807) is 18.2 Å². The number of hydrogen-bond donors (Lipinski definition) is 1. The molecule has 5 nitrogen and oxygen atoms in total. The van der Waals surface area contributed by atoms with E-state index in [0.29, 0.717) is 24.1 Å². The number of ether oxygens (including phenoxy) is 1. The fourth-order valence-electron chi connectivity index (χ4n) is 1.37. The molecule has 94 valence electrons. The van der Waals surface area contributed by atoms with Crippen LogP contribution in [0.2, 0.25) is 0 Å². The zero-order chi connectivity index (χ0) is 13.4. The molecule has 0 unspecified atom stereocenters. The van der Waals surface area contributed by atoms with Crippen molar-refractivity contribution in [3.63, 3.8) is 0 Å². The third-order valence-electron chi connectivity index (χ3n) is 2.32. The molecule has 0 atom stereocenters. The van der Waals surface area contributed by atoms with E-state index in [4.69, 9.17) is 5.26 Å². The Morgan fingerprint density at radius 3 is 2.89 bits per heavy atom. The van der Waals surface area contributed by atoms with Gasteiger partial charge in [-0.05, 0) is 24.6 Å². The molecule has 0 saturated heterocycles. The smallest absolute Gasteiger partial charge is 0.305 e. The number of nitrogens with one attached hydrogen (secondary N) is 1. The molecular formula is C13H14N2O3. The van der Waals surface area contributed by atoms with Crippen molar-refractivity contribution in [2.24, 2.45) is 0 Å². The van der Waals surface area contributed by atoms with Crippen molar-refractivity contribution in [3.8, 4) is 6.07 Å². The summed E-state index contributed by atoms with van der Waals surface area (Å²) in [6.07, 6.45) is 0.797. The summed E-state index contributed by atoms with van der Waals surface area (Å²) in [5, 5.41) is 11.4. The predicted molar refractivity (Wildman–Crippen MR) is 64.7 cm³/mol. The topological polar surface area (TPSA) is 79.2 Å². The molecule has 0 aliphatic rings. The number of hydrogen-bond acceptors (Lipinski definition) is 4. The molecule has 0 radical (unpaired) electrons. The zero-order valence-corrected chi connectivity index (χ0v) is 10.1. The van der Waals surface area contributed by atoms with Gasteiger partial charge < -0.3 is 10.1 Å². The summed E-state index contributed by atoms with van der Waals surface area (Å²) in [6, 6.07) is 8.42. The highest BCUT2D eigenvalue weighted by atomic mass is 16.5. The predicted octanol–water partition coefficient (Wildman–Crippen LogP) is 1.24. The molecule has 5 heteroatoms. The molecule has 1 N–H and O–H groups in total. The molecule has 1 aromatic rings. The van der Waals surface area contributed by atoms with Gasteiger partial charge in [-0.2, -0.15) is 5.26 Å². The Kier molecular flexibility index (Phi) is 5.39. The van der Waals surface area contributed by atoms with Crippen LogP contribution in [-0.2, 0) is 9.53 Å². The van der Waals surface area contributed by atoms with Gasteiger partial charge in [0.15, 0.2) is 0 Å². The maximum atomic E-state index is 11.7. The van der Waals surface area contributed by atoms with Crippen LogP contribution in [0.1, 0.15) is 28.8 Å². The average Bonchev–Trinajstić information content (AvgIpc) is 2.43. The van der Waals surface area contributed by atoms with Gasteiger partial charge in [-0.1, -0.05) is 6.07 Å². The van der Waals surface area contributed by atoms with Crippen LogP contribution >= 0.6 is 0 Å². The number of rotatable bonds is 5. The van der Waals surface area contributed by atoms with E-state index in [1.165, 1.54) is 13.2 Å². The van der Waals surface area contributed by atoms with Crippen LogP contribution in [0.15, 0.2) is 24.3 Å². The van der Waals surface area contributed by atoms with Crippen LogP contribution in [-0.4, -0.2) is 25.5 Å². The van der Waals surface area contributed by atoms with Crippen molar-refractivity contribution in [2.45, 2.75) is 12.8 Å². The first-order chi connectivity index (χ1) is 8.67. The number of nitriles is 1. The summed E-state index contributed by atoms with van der Waals surface area (Å²) in [5.74, 6) is -0.548. The minimum Gasteiger partial charge on any atom is -0.469 e. The van der Waals surface area contributed by atoms with Gasteiger partial charge in [0.2, 0.25) is 0 Å². The largest absolute Gasteiger partial charge is 0.469 e. The van der Waals surface area contributed by atoms with Crippen LogP contribution in [0.4, 0.5) is 0 Å². The Balaban J connectivity index is 2.41. The Morgan fingerprint density at radius 1 is 1.44 bits per heavy atom. The van der Waals surface area contributed by atoms with Crippen molar-refractivity contribution in [1.82, 2.24) is 5.32 Å². The fraction of sp³-hybridized carbons (Fsp3) is 0.308. The van der Waals surface area contributed by atoms with Crippen molar-refractivity contribution in [1.29, 1.82) is 5.26 Å². The van der Waals surface area contributed by atoms with Gasteiger partial charge in [-0.25, -0.2) is 0 Å². The van der Waals surface area contributed by atoms with Gasteiger partial charge >= 0.3 is 5.97 Å². The maximum absolute atomic E-state index is 11.7. The zero-order valence-electron chi connectivity index (χ0n) is 10.1. The summed E-state index contributed by atoms with van der Waals surface area (Å²) < 4.78 is 4.48. The number of nitrogens with zero attached hydrogens (tertiary/aromatic N) is 1. The minimum absolute atomic E-state index is 0.253. The second-order valence-corrected chi connectivity index (χ2v) is 3.63. The highest BCUT2D eigenvalue weighted by molar-refractivity contribution is 5.94. The highest BCUT2D eigenvalue weighted by Crippen LogP contribution is 2.04. The first kappa shape index (κ1) is 13.7. The molecule has 1 rings (SSSR count). The third kappa shape index (κ3) is 4.26. The first-order valence-electron chi connectivity index (χ1n) is 5.52. The van der Waals surface area contributed by atoms with E-state index >= 15 is 0 Å². The lowest BCUT2D eigenvalue weighted by atomic mass is 10.1. The highest BCUT2D eigenvalue weighted by Gasteiger charge is 2.06. The molecule has 0 aliphatic carbocycles. The Bertz CT molecular complexity index is 477. The lowest BCUT2D eigenvalue weighted by molar-refractivity contribution is -0.140. The van der Waals surface area contributed by atoms with Gasteiger partial charge in [0, 0.05) is 18.5 Å². The molecule has 1 aromatic carbocycles. The third-order valence-corrected chi connectivity index (χ3v) is 2.32. The summed E-state index contributed by atoms with van der Waals surface area (Å²) in [6.45, 7) is 0.394.